The molecule has 1 saturated carbocycles. The van der Waals surface area contributed by atoms with Gasteiger partial charge in [-0.3, -0.25) is 4.79 Å². The summed E-state index contributed by atoms with van der Waals surface area (Å²) in [6.45, 7) is 1.69. The Bertz CT molecular complexity index is 466. The summed E-state index contributed by atoms with van der Waals surface area (Å²) in [5.74, 6) is 1.40. The van der Waals surface area contributed by atoms with Crippen LogP contribution >= 0.6 is 0 Å². The molecule has 0 aromatic heterocycles. The van der Waals surface area contributed by atoms with Crippen molar-refractivity contribution in [1.82, 2.24) is 0 Å². The predicted octanol–water partition coefficient (Wildman–Crippen LogP) is 3.56. The molecule has 3 rings (SSSR count). The average molecular weight is 212 g/mol. The molecule has 1 atom stereocenters. The van der Waals surface area contributed by atoms with Crippen LogP contribution in [0.3, 0.4) is 0 Å². The van der Waals surface area contributed by atoms with E-state index in [4.69, 9.17) is 0 Å². The summed E-state index contributed by atoms with van der Waals surface area (Å²) in [6.07, 6.45) is 5.65. The van der Waals surface area contributed by atoms with Gasteiger partial charge in [0, 0.05) is 12.3 Å². The van der Waals surface area contributed by atoms with E-state index < -0.39 is 0 Å². The normalized spacial score (nSPS) is 22.8. The molecule has 1 unspecified atom stereocenters. The van der Waals surface area contributed by atoms with Gasteiger partial charge in [0.1, 0.15) is 5.78 Å². The van der Waals surface area contributed by atoms with Gasteiger partial charge in [0.05, 0.1) is 0 Å². The van der Waals surface area contributed by atoms with Gasteiger partial charge in [-0.2, -0.15) is 0 Å². The van der Waals surface area contributed by atoms with Crippen molar-refractivity contribution in [3.05, 3.63) is 41.5 Å². The van der Waals surface area contributed by atoms with Crippen LogP contribution in [0.1, 0.15) is 43.2 Å². The summed E-state index contributed by atoms with van der Waals surface area (Å²) in [4.78, 5) is 11.3. The second kappa shape index (κ2) is 3.58. The summed E-state index contributed by atoms with van der Waals surface area (Å²) in [6, 6.07) is 8.56. The number of rotatable bonds is 3. The van der Waals surface area contributed by atoms with E-state index in [0.717, 1.165) is 5.92 Å². The lowest BCUT2D eigenvalue weighted by Gasteiger charge is -2.08. The quantitative estimate of drug-likeness (QED) is 0.748. The first kappa shape index (κ1) is 9.83. The first-order valence-corrected chi connectivity index (χ1v) is 6.06. The average Bonchev–Trinajstić information content (AvgIpc) is 3.03. The van der Waals surface area contributed by atoms with E-state index in [1.54, 1.807) is 6.92 Å². The predicted molar refractivity (Wildman–Crippen MR) is 65.2 cm³/mol. The lowest BCUT2D eigenvalue weighted by atomic mass is 9.96. The fourth-order valence-corrected chi connectivity index (χ4v) is 2.71. The Morgan fingerprint density at radius 3 is 2.75 bits per heavy atom. The molecule has 1 aromatic carbocycles. The van der Waals surface area contributed by atoms with Crippen molar-refractivity contribution in [2.24, 2.45) is 5.92 Å². The first-order chi connectivity index (χ1) is 7.75. The highest BCUT2D eigenvalue weighted by Gasteiger charge is 2.33. The van der Waals surface area contributed by atoms with E-state index in [1.807, 2.05) is 0 Å². The molecule has 1 aromatic rings. The number of allylic oxidation sites excluding steroid dienone is 2. The zero-order valence-corrected chi connectivity index (χ0v) is 9.57. The Hall–Kier alpha value is -1.37. The Balaban J connectivity index is 1.99. The number of hydrogen-bond donors (Lipinski definition) is 0. The second-order valence-corrected chi connectivity index (χ2v) is 5.00. The molecule has 0 spiro atoms. The highest BCUT2D eigenvalue weighted by atomic mass is 16.1. The second-order valence-electron chi connectivity index (χ2n) is 5.00. The molecule has 2 aliphatic rings. The maximum Gasteiger partial charge on any atom is 0.130 e. The third kappa shape index (κ3) is 1.60. The third-order valence-corrected chi connectivity index (χ3v) is 3.58. The van der Waals surface area contributed by atoms with E-state index >= 15 is 0 Å². The molecule has 0 bridgehead atoms. The maximum absolute atomic E-state index is 11.3. The number of carbonyl (C=O) groups excluding carboxylic acids is 1. The van der Waals surface area contributed by atoms with Gasteiger partial charge in [-0.15, -0.1) is 0 Å². The number of hydrogen-bond acceptors (Lipinski definition) is 1. The molecule has 1 fully saturated rings. The van der Waals surface area contributed by atoms with Crippen LogP contribution in [0.4, 0.5) is 0 Å². The van der Waals surface area contributed by atoms with Crippen molar-refractivity contribution in [2.75, 3.05) is 0 Å². The summed E-state index contributed by atoms with van der Waals surface area (Å²) < 4.78 is 0. The van der Waals surface area contributed by atoms with Gasteiger partial charge >= 0.3 is 0 Å². The third-order valence-electron chi connectivity index (χ3n) is 3.58. The number of Topliss-reactive ketones (excluding diaryl/α,β-unsaturated/α-hetero) is 1. The Morgan fingerprint density at radius 1 is 1.31 bits per heavy atom. The van der Waals surface area contributed by atoms with Gasteiger partial charge < -0.3 is 0 Å². The minimum Gasteiger partial charge on any atom is -0.300 e. The van der Waals surface area contributed by atoms with Crippen molar-refractivity contribution in [3.8, 4) is 0 Å². The fraction of sp³-hybridized carbons (Fsp3) is 0.400. The van der Waals surface area contributed by atoms with Crippen molar-refractivity contribution >= 4 is 11.4 Å². The SMILES string of the molecule is CC(=O)CC1C=C(C2CC2)c2ccccc21. The molecule has 16 heavy (non-hydrogen) atoms. The monoisotopic (exact) mass is 212 g/mol. The number of benzene rings is 1. The summed E-state index contributed by atoms with van der Waals surface area (Å²) in [5.41, 5.74) is 4.26. The highest BCUT2D eigenvalue weighted by Crippen LogP contribution is 2.49. The van der Waals surface area contributed by atoms with Crippen molar-refractivity contribution in [3.63, 3.8) is 0 Å². The van der Waals surface area contributed by atoms with Crippen LogP contribution in [-0.2, 0) is 4.79 Å². The molecule has 0 radical (unpaired) electrons. The molecule has 1 heteroatoms. The van der Waals surface area contributed by atoms with Gasteiger partial charge in [-0.1, -0.05) is 30.3 Å². The molecule has 82 valence electrons. The lowest BCUT2D eigenvalue weighted by Crippen LogP contribution is -1.99. The Kier molecular flexibility index (Phi) is 2.20. The molecular weight excluding hydrogens is 196 g/mol. The molecule has 0 amide bonds. The largest absolute Gasteiger partial charge is 0.300 e. The van der Waals surface area contributed by atoms with E-state index in [1.165, 1.54) is 29.5 Å². The molecule has 0 saturated heterocycles. The van der Waals surface area contributed by atoms with Gasteiger partial charge in [-0.05, 0) is 42.4 Å². The smallest absolute Gasteiger partial charge is 0.130 e. The van der Waals surface area contributed by atoms with Crippen LogP contribution in [0.5, 0.6) is 0 Å². The standard InChI is InChI=1S/C15H16O/c1-10(16)8-12-9-15(11-6-7-11)14-5-3-2-4-13(12)14/h2-5,9,11-12H,6-8H2,1H3. The zero-order chi connectivity index (χ0) is 11.1. The highest BCUT2D eigenvalue weighted by molar-refractivity contribution is 5.82. The Labute approximate surface area is 96.2 Å². The Morgan fingerprint density at radius 2 is 2.06 bits per heavy atom. The van der Waals surface area contributed by atoms with Crippen LogP contribution in [0.25, 0.3) is 5.57 Å². The minimum atomic E-state index is 0.285. The van der Waals surface area contributed by atoms with Crippen LogP contribution < -0.4 is 0 Å². The summed E-state index contributed by atoms with van der Waals surface area (Å²) in [5, 5.41) is 0. The minimum absolute atomic E-state index is 0.285. The van der Waals surface area contributed by atoms with Gasteiger partial charge in [0.2, 0.25) is 0 Å². The van der Waals surface area contributed by atoms with Crippen molar-refractivity contribution in [2.45, 2.75) is 32.1 Å². The fourth-order valence-electron chi connectivity index (χ4n) is 2.71. The van der Waals surface area contributed by atoms with Gasteiger partial charge in [0.25, 0.3) is 0 Å². The van der Waals surface area contributed by atoms with E-state index in [9.17, 15) is 4.79 Å². The number of ketones is 1. The molecule has 0 aliphatic heterocycles. The number of carbonyl (C=O) groups is 1. The van der Waals surface area contributed by atoms with Crippen LogP contribution in [-0.4, -0.2) is 5.78 Å². The first-order valence-electron chi connectivity index (χ1n) is 6.06. The molecule has 0 N–H and O–H groups in total. The van der Waals surface area contributed by atoms with Crippen LogP contribution in [0.2, 0.25) is 0 Å². The van der Waals surface area contributed by atoms with E-state index in [0.29, 0.717) is 12.3 Å². The van der Waals surface area contributed by atoms with E-state index in [-0.39, 0.29) is 5.78 Å². The molecule has 1 nitrogen and oxygen atoms in total. The molecule has 2 aliphatic carbocycles. The molecule has 0 heterocycles. The van der Waals surface area contributed by atoms with E-state index in [2.05, 4.69) is 30.3 Å². The topological polar surface area (TPSA) is 17.1 Å². The number of fused-ring (bicyclic) bond motifs is 1. The lowest BCUT2D eigenvalue weighted by molar-refractivity contribution is -0.117. The van der Waals surface area contributed by atoms with Gasteiger partial charge in [0.15, 0.2) is 0 Å². The molecular formula is C15H16O. The van der Waals surface area contributed by atoms with Crippen LogP contribution in [0.15, 0.2) is 30.3 Å². The van der Waals surface area contributed by atoms with Gasteiger partial charge in [-0.25, -0.2) is 0 Å². The zero-order valence-electron chi connectivity index (χ0n) is 9.57. The van der Waals surface area contributed by atoms with Crippen molar-refractivity contribution in [1.29, 1.82) is 0 Å². The van der Waals surface area contributed by atoms with Crippen LogP contribution in [0, 0.1) is 5.92 Å². The summed E-state index contributed by atoms with van der Waals surface area (Å²) in [7, 11) is 0. The van der Waals surface area contributed by atoms with Crippen molar-refractivity contribution < 1.29 is 4.79 Å². The maximum atomic E-state index is 11.3. The summed E-state index contributed by atoms with van der Waals surface area (Å²) >= 11 is 0.